The number of halogens is 2. The van der Waals surface area contributed by atoms with Gasteiger partial charge in [-0.1, -0.05) is 67.0 Å². The Hall–Kier alpha value is -2.55. The monoisotopic (exact) mass is 491 g/mol. The average Bonchev–Trinajstić information content (AvgIpc) is 3.20. The molecular formula is C22H23Cl2N5O2S. The van der Waals surface area contributed by atoms with Crippen molar-refractivity contribution in [2.75, 3.05) is 11.1 Å². The molecule has 0 radical (unpaired) electrons. The highest BCUT2D eigenvalue weighted by molar-refractivity contribution is 7.99. The molecule has 1 heterocycles. The Bertz CT molecular complexity index is 1120. The van der Waals surface area contributed by atoms with Crippen molar-refractivity contribution in [1.82, 2.24) is 20.5 Å². The van der Waals surface area contributed by atoms with Gasteiger partial charge in [0.05, 0.1) is 22.4 Å². The Labute approximate surface area is 200 Å². The lowest BCUT2D eigenvalue weighted by Crippen LogP contribution is -2.32. The molecule has 10 heteroatoms. The van der Waals surface area contributed by atoms with Crippen molar-refractivity contribution < 1.29 is 9.59 Å². The van der Waals surface area contributed by atoms with Gasteiger partial charge in [0.25, 0.3) is 5.91 Å². The molecular weight excluding hydrogens is 469 g/mol. The number of hydrogen-bond acceptors (Lipinski definition) is 5. The number of aromatic amines is 1. The first kappa shape index (κ1) is 24.1. The summed E-state index contributed by atoms with van der Waals surface area (Å²) in [4.78, 5) is 29.5. The second kappa shape index (κ2) is 10.8. The molecule has 168 valence electrons. The first-order chi connectivity index (χ1) is 15.2. The van der Waals surface area contributed by atoms with Gasteiger partial charge in [-0.15, -0.1) is 5.10 Å². The van der Waals surface area contributed by atoms with Crippen LogP contribution in [0.5, 0.6) is 0 Å². The van der Waals surface area contributed by atoms with Crippen LogP contribution >= 0.6 is 35.0 Å². The van der Waals surface area contributed by atoms with Crippen LogP contribution in [0.3, 0.4) is 0 Å². The molecule has 0 aliphatic rings. The molecule has 0 unspecified atom stereocenters. The van der Waals surface area contributed by atoms with E-state index < -0.39 is 6.04 Å². The average molecular weight is 492 g/mol. The number of H-pyrrole nitrogens is 1. The molecule has 0 bridgehead atoms. The van der Waals surface area contributed by atoms with Crippen molar-refractivity contribution in [2.24, 2.45) is 5.92 Å². The van der Waals surface area contributed by atoms with E-state index in [-0.39, 0.29) is 28.5 Å². The molecule has 32 heavy (non-hydrogen) atoms. The summed E-state index contributed by atoms with van der Waals surface area (Å²) >= 11 is 13.3. The van der Waals surface area contributed by atoms with Gasteiger partial charge in [-0.3, -0.25) is 14.7 Å². The fourth-order valence-electron chi connectivity index (χ4n) is 2.93. The number of rotatable bonds is 8. The first-order valence-electron chi connectivity index (χ1n) is 9.91. The Morgan fingerprint density at radius 3 is 2.59 bits per heavy atom. The molecule has 3 rings (SSSR count). The quantitative estimate of drug-likeness (QED) is 0.372. The third kappa shape index (κ3) is 6.25. The van der Waals surface area contributed by atoms with Gasteiger partial charge in [-0.05, 0) is 42.7 Å². The van der Waals surface area contributed by atoms with Crippen molar-refractivity contribution in [2.45, 2.75) is 32.0 Å². The molecule has 3 aromatic rings. The van der Waals surface area contributed by atoms with Gasteiger partial charge in [-0.2, -0.15) is 0 Å². The second-order valence-electron chi connectivity index (χ2n) is 7.47. The van der Waals surface area contributed by atoms with Crippen molar-refractivity contribution in [3.05, 3.63) is 69.5 Å². The van der Waals surface area contributed by atoms with Gasteiger partial charge in [0.15, 0.2) is 0 Å². The topological polar surface area (TPSA) is 99.8 Å². The summed E-state index contributed by atoms with van der Waals surface area (Å²) in [5.74, 6) is 0.195. The van der Waals surface area contributed by atoms with Crippen LogP contribution in [0.25, 0.3) is 0 Å². The lowest BCUT2D eigenvalue weighted by atomic mass is 10.0. The second-order valence-corrected chi connectivity index (χ2v) is 9.26. The van der Waals surface area contributed by atoms with Crippen LogP contribution in [-0.2, 0) is 4.79 Å². The molecule has 0 saturated heterocycles. The van der Waals surface area contributed by atoms with Gasteiger partial charge in [0.1, 0.15) is 5.82 Å². The van der Waals surface area contributed by atoms with Gasteiger partial charge < -0.3 is 10.6 Å². The maximum Gasteiger partial charge on any atom is 0.253 e. The smallest absolute Gasteiger partial charge is 0.253 e. The summed E-state index contributed by atoms with van der Waals surface area (Å²) in [7, 11) is 0. The van der Waals surface area contributed by atoms with Crippen LogP contribution < -0.4 is 10.6 Å². The molecule has 2 aromatic carbocycles. The number of nitrogens with zero attached hydrogens (tertiary/aromatic N) is 2. The maximum absolute atomic E-state index is 12.7. The zero-order valence-corrected chi connectivity index (χ0v) is 20.1. The number of hydrogen-bond donors (Lipinski definition) is 3. The van der Waals surface area contributed by atoms with E-state index in [0.29, 0.717) is 21.6 Å². The lowest BCUT2D eigenvalue weighted by Gasteiger charge is -2.20. The minimum atomic E-state index is -0.420. The van der Waals surface area contributed by atoms with Crippen LogP contribution in [0, 0.1) is 12.8 Å². The fraction of sp³-hybridized carbons (Fsp3) is 0.273. The molecule has 0 spiro atoms. The van der Waals surface area contributed by atoms with E-state index in [9.17, 15) is 9.59 Å². The minimum absolute atomic E-state index is 0.0279. The van der Waals surface area contributed by atoms with Gasteiger partial charge in [0.2, 0.25) is 11.1 Å². The zero-order valence-electron chi connectivity index (χ0n) is 17.8. The number of para-hydroxylation sites is 1. The molecule has 1 aromatic heterocycles. The predicted octanol–water partition coefficient (Wildman–Crippen LogP) is 5.28. The number of carbonyl (C=O) groups is 2. The Morgan fingerprint density at radius 1 is 1.16 bits per heavy atom. The summed E-state index contributed by atoms with van der Waals surface area (Å²) in [6.45, 7) is 5.85. The highest BCUT2D eigenvalue weighted by Gasteiger charge is 2.24. The molecule has 2 amide bonds. The molecule has 7 nitrogen and oxygen atoms in total. The van der Waals surface area contributed by atoms with Crippen molar-refractivity contribution in [3.63, 3.8) is 0 Å². The van der Waals surface area contributed by atoms with Crippen molar-refractivity contribution in [1.29, 1.82) is 0 Å². The summed E-state index contributed by atoms with van der Waals surface area (Å²) < 4.78 is 0. The predicted molar refractivity (Wildman–Crippen MR) is 128 cm³/mol. The number of anilines is 1. The summed E-state index contributed by atoms with van der Waals surface area (Å²) in [6, 6.07) is 11.9. The highest BCUT2D eigenvalue weighted by Crippen LogP contribution is 2.25. The largest absolute Gasteiger partial charge is 0.342 e. The third-order valence-corrected chi connectivity index (χ3v) is 6.05. The number of nitrogens with one attached hydrogen (secondary N) is 3. The van der Waals surface area contributed by atoms with Crippen molar-refractivity contribution in [3.8, 4) is 0 Å². The van der Waals surface area contributed by atoms with E-state index >= 15 is 0 Å². The molecule has 0 fully saturated rings. The fourth-order valence-corrected chi connectivity index (χ4v) is 4.03. The van der Waals surface area contributed by atoms with E-state index in [0.717, 1.165) is 11.3 Å². The molecule has 0 aliphatic heterocycles. The lowest BCUT2D eigenvalue weighted by molar-refractivity contribution is -0.113. The number of amides is 2. The van der Waals surface area contributed by atoms with Gasteiger partial charge in [-0.25, -0.2) is 4.98 Å². The number of carbonyl (C=O) groups excluding carboxylic acids is 2. The summed E-state index contributed by atoms with van der Waals surface area (Å²) in [5.41, 5.74) is 2.09. The van der Waals surface area contributed by atoms with Crippen LogP contribution in [0.15, 0.2) is 47.6 Å². The standard InChI is InChI=1S/C22H23Cl2N5O2S/c1-12(2)19(26-21(31)15-9-8-14(23)10-16(15)24)20-27-22(29-28-20)32-11-18(30)25-17-7-5-4-6-13(17)3/h4-10,12,19H,11H2,1-3H3,(H,25,30)(H,26,31)(H,27,28,29)/t19-/m0/s1. The molecule has 3 N–H and O–H groups in total. The molecule has 1 atom stereocenters. The zero-order chi connectivity index (χ0) is 23.3. The highest BCUT2D eigenvalue weighted by atomic mass is 35.5. The van der Waals surface area contributed by atoms with E-state index in [1.807, 2.05) is 45.0 Å². The molecule has 0 saturated carbocycles. The maximum atomic E-state index is 12.7. The van der Waals surface area contributed by atoms with E-state index in [1.165, 1.54) is 17.8 Å². The SMILES string of the molecule is Cc1ccccc1NC(=O)CSc1n[nH]c([C@@H](NC(=O)c2ccc(Cl)cc2Cl)C(C)C)n1. The number of benzene rings is 2. The summed E-state index contributed by atoms with van der Waals surface area (Å²) in [6.07, 6.45) is 0. The first-order valence-corrected chi connectivity index (χ1v) is 11.6. The van der Waals surface area contributed by atoms with Crippen molar-refractivity contribution >= 4 is 52.5 Å². The van der Waals surface area contributed by atoms with E-state index in [1.54, 1.807) is 12.1 Å². The number of aromatic nitrogens is 3. The van der Waals surface area contributed by atoms with E-state index in [2.05, 4.69) is 25.8 Å². The Morgan fingerprint density at radius 2 is 1.91 bits per heavy atom. The van der Waals surface area contributed by atoms with Crippen LogP contribution in [0.1, 0.15) is 41.6 Å². The van der Waals surface area contributed by atoms with Crippen LogP contribution in [-0.4, -0.2) is 32.7 Å². The van der Waals surface area contributed by atoms with Gasteiger partial charge >= 0.3 is 0 Å². The van der Waals surface area contributed by atoms with E-state index in [4.69, 9.17) is 23.2 Å². The Kier molecular flexibility index (Phi) is 8.17. The third-order valence-electron chi connectivity index (χ3n) is 4.66. The van der Waals surface area contributed by atoms with Gasteiger partial charge in [0, 0.05) is 10.7 Å². The van der Waals surface area contributed by atoms with Crippen LogP contribution in [0.2, 0.25) is 10.0 Å². The summed E-state index contributed by atoms with van der Waals surface area (Å²) in [5, 5.41) is 14.0. The number of aryl methyl sites for hydroxylation is 1. The molecule has 0 aliphatic carbocycles. The Balaban J connectivity index is 1.63. The normalized spacial score (nSPS) is 11.9. The minimum Gasteiger partial charge on any atom is -0.342 e. The van der Waals surface area contributed by atoms with Crippen LogP contribution in [0.4, 0.5) is 5.69 Å². The number of thioether (sulfide) groups is 1.